The molecule has 0 aliphatic carbocycles. The van der Waals surface area contributed by atoms with E-state index in [1.54, 1.807) is 0 Å². The van der Waals surface area contributed by atoms with Gasteiger partial charge >= 0.3 is 0 Å². The zero-order chi connectivity index (χ0) is 15.2. The number of nitrogens with one attached hydrogen (secondary N) is 1. The van der Waals surface area contributed by atoms with E-state index in [0.717, 1.165) is 16.7 Å². The minimum Gasteiger partial charge on any atom is -0.396 e. The van der Waals surface area contributed by atoms with Crippen LogP contribution in [0.2, 0.25) is 0 Å². The van der Waals surface area contributed by atoms with Crippen LogP contribution in [0, 0.1) is 13.8 Å². The van der Waals surface area contributed by atoms with Crippen LogP contribution in [0.25, 0.3) is 0 Å². The zero-order valence-electron chi connectivity index (χ0n) is 12.5. The van der Waals surface area contributed by atoms with Gasteiger partial charge in [-0.15, -0.1) is 0 Å². The van der Waals surface area contributed by atoms with Crippen molar-refractivity contribution in [3.8, 4) is 0 Å². The summed E-state index contributed by atoms with van der Waals surface area (Å²) < 4.78 is 0. The predicted molar refractivity (Wildman–Crippen MR) is 84.3 cm³/mol. The summed E-state index contributed by atoms with van der Waals surface area (Å²) in [6, 6.07) is 15.3. The minimum atomic E-state index is -0.176. The fourth-order valence-electron chi connectivity index (χ4n) is 2.48. The first-order valence-corrected chi connectivity index (χ1v) is 7.15. The molecule has 0 radical (unpaired) electrons. The Labute approximate surface area is 125 Å². The van der Waals surface area contributed by atoms with Gasteiger partial charge in [-0.25, -0.2) is 0 Å². The van der Waals surface area contributed by atoms with Crippen LogP contribution < -0.4 is 5.32 Å². The van der Waals surface area contributed by atoms with E-state index < -0.39 is 0 Å². The van der Waals surface area contributed by atoms with Crippen molar-refractivity contribution in [1.29, 1.82) is 0 Å². The Morgan fingerprint density at radius 1 is 1.10 bits per heavy atom. The summed E-state index contributed by atoms with van der Waals surface area (Å²) in [5.74, 6) is -0.107. The highest BCUT2D eigenvalue weighted by Gasteiger charge is 2.15. The van der Waals surface area contributed by atoms with E-state index in [1.807, 2.05) is 62.4 Å². The second-order valence-electron chi connectivity index (χ2n) is 5.33. The molecule has 3 heteroatoms. The molecule has 0 fully saturated rings. The van der Waals surface area contributed by atoms with Crippen molar-refractivity contribution in [3.05, 3.63) is 70.8 Å². The first-order chi connectivity index (χ1) is 10.1. The molecular weight excluding hydrogens is 262 g/mol. The largest absolute Gasteiger partial charge is 0.396 e. The number of aliphatic hydroxyl groups is 1. The normalized spacial score (nSPS) is 12.0. The van der Waals surface area contributed by atoms with Crippen LogP contribution in [0.4, 0.5) is 0 Å². The number of hydrogen-bond acceptors (Lipinski definition) is 2. The first-order valence-electron chi connectivity index (χ1n) is 7.15. The monoisotopic (exact) mass is 283 g/mol. The van der Waals surface area contributed by atoms with Crippen LogP contribution in [0.5, 0.6) is 0 Å². The third-order valence-corrected chi connectivity index (χ3v) is 3.41. The number of rotatable bonds is 5. The van der Waals surface area contributed by atoms with Crippen molar-refractivity contribution >= 4 is 5.91 Å². The summed E-state index contributed by atoms with van der Waals surface area (Å²) in [5, 5.41) is 12.2. The van der Waals surface area contributed by atoms with E-state index in [9.17, 15) is 9.90 Å². The Balaban J connectivity index is 2.18. The molecule has 2 rings (SSSR count). The van der Waals surface area contributed by atoms with Crippen LogP contribution in [-0.4, -0.2) is 17.6 Å². The maximum atomic E-state index is 12.4. The lowest BCUT2D eigenvalue weighted by Crippen LogP contribution is -2.29. The summed E-state index contributed by atoms with van der Waals surface area (Å²) in [5.41, 5.74) is 3.80. The number of benzene rings is 2. The summed E-state index contributed by atoms with van der Waals surface area (Å²) >= 11 is 0. The van der Waals surface area contributed by atoms with Crippen LogP contribution >= 0.6 is 0 Å². The molecule has 110 valence electrons. The van der Waals surface area contributed by atoms with Gasteiger partial charge in [0.15, 0.2) is 0 Å². The van der Waals surface area contributed by atoms with Gasteiger partial charge in [0.25, 0.3) is 5.91 Å². The molecule has 0 bridgehead atoms. The van der Waals surface area contributed by atoms with Gasteiger partial charge < -0.3 is 10.4 Å². The van der Waals surface area contributed by atoms with Gasteiger partial charge in [0, 0.05) is 12.2 Å². The third-order valence-electron chi connectivity index (χ3n) is 3.41. The average Bonchev–Trinajstić information content (AvgIpc) is 2.46. The number of hydrogen-bond donors (Lipinski definition) is 2. The molecule has 1 amide bonds. The Bertz CT molecular complexity index is 588. The Hall–Kier alpha value is -2.13. The van der Waals surface area contributed by atoms with Gasteiger partial charge in [-0.2, -0.15) is 0 Å². The van der Waals surface area contributed by atoms with Crippen molar-refractivity contribution in [2.24, 2.45) is 0 Å². The molecule has 1 unspecified atom stereocenters. The van der Waals surface area contributed by atoms with Crippen molar-refractivity contribution in [2.75, 3.05) is 6.61 Å². The zero-order valence-corrected chi connectivity index (χ0v) is 12.5. The van der Waals surface area contributed by atoms with E-state index in [0.29, 0.717) is 12.0 Å². The average molecular weight is 283 g/mol. The molecule has 2 N–H and O–H groups in total. The van der Waals surface area contributed by atoms with Crippen molar-refractivity contribution in [2.45, 2.75) is 26.3 Å². The van der Waals surface area contributed by atoms with E-state index in [2.05, 4.69) is 5.32 Å². The molecular formula is C18H21NO2. The highest BCUT2D eigenvalue weighted by atomic mass is 16.3. The van der Waals surface area contributed by atoms with Gasteiger partial charge in [-0.1, -0.05) is 47.5 Å². The summed E-state index contributed by atoms with van der Waals surface area (Å²) in [6.07, 6.45) is 0.501. The number of amides is 1. The van der Waals surface area contributed by atoms with Gasteiger partial charge in [-0.05, 0) is 38.0 Å². The molecule has 0 aromatic heterocycles. The smallest absolute Gasteiger partial charge is 0.251 e. The molecule has 0 heterocycles. The number of aryl methyl sites for hydroxylation is 2. The van der Waals surface area contributed by atoms with Crippen molar-refractivity contribution in [3.63, 3.8) is 0 Å². The molecule has 2 aromatic carbocycles. The molecule has 2 aromatic rings. The fourth-order valence-corrected chi connectivity index (χ4v) is 2.48. The molecule has 0 aliphatic rings. The minimum absolute atomic E-state index is 0.0344. The highest BCUT2D eigenvalue weighted by Crippen LogP contribution is 2.17. The summed E-state index contributed by atoms with van der Waals surface area (Å²) in [7, 11) is 0. The van der Waals surface area contributed by atoms with E-state index >= 15 is 0 Å². The first kappa shape index (κ1) is 15.3. The maximum Gasteiger partial charge on any atom is 0.251 e. The lowest BCUT2D eigenvalue weighted by Gasteiger charge is -2.18. The fraction of sp³-hybridized carbons (Fsp3) is 0.278. The molecule has 21 heavy (non-hydrogen) atoms. The Morgan fingerprint density at radius 3 is 2.29 bits per heavy atom. The van der Waals surface area contributed by atoms with Crippen LogP contribution in [0.1, 0.15) is 39.5 Å². The molecule has 0 aliphatic heterocycles. The Morgan fingerprint density at radius 2 is 1.71 bits per heavy atom. The molecule has 3 nitrogen and oxygen atoms in total. The molecule has 0 spiro atoms. The molecule has 1 atom stereocenters. The van der Waals surface area contributed by atoms with E-state index in [1.165, 1.54) is 0 Å². The number of carbonyl (C=O) groups excluding carboxylic acids is 1. The van der Waals surface area contributed by atoms with Gasteiger partial charge in [0.1, 0.15) is 0 Å². The standard InChI is InChI=1S/C18H21NO2/c1-13-10-14(2)12-16(11-13)18(21)19-17(8-9-20)15-6-4-3-5-7-15/h3-7,10-12,17,20H,8-9H2,1-2H3,(H,19,21). The van der Waals surface area contributed by atoms with E-state index in [-0.39, 0.29) is 18.6 Å². The topological polar surface area (TPSA) is 49.3 Å². The van der Waals surface area contributed by atoms with E-state index in [4.69, 9.17) is 0 Å². The van der Waals surface area contributed by atoms with Gasteiger partial charge in [-0.3, -0.25) is 4.79 Å². The Kier molecular flexibility index (Phi) is 5.12. The number of aliphatic hydroxyl groups excluding tert-OH is 1. The molecule has 0 saturated heterocycles. The van der Waals surface area contributed by atoms with Gasteiger partial charge in [0.05, 0.1) is 6.04 Å². The van der Waals surface area contributed by atoms with Crippen molar-refractivity contribution < 1.29 is 9.90 Å². The number of carbonyl (C=O) groups is 1. The predicted octanol–water partition coefficient (Wildman–Crippen LogP) is 3.16. The molecule has 0 saturated carbocycles. The van der Waals surface area contributed by atoms with Crippen LogP contribution in [0.15, 0.2) is 48.5 Å². The summed E-state index contributed by atoms with van der Waals surface area (Å²) in [6.45, 7) is 3.99. The van der Waals surface area contributed by atoms with Crippen molar-refractivity contribution in [1.82, 2.24) is 5.32 Å². The van der Waals surface area contributed by atoms with Gasteiger partial charge in [0.2, 0.25) is 0 Å². The second-order valence-corrected chi connectivity index (χ2v) is 5.33. The lowest BCUT2D eigenvalue weighted by atomic mass is 10.0. The maximum absolute atomic E-state index is 12.4. The van der Waals surface area contributed by atoms with Crippen LogP contribution in [0.3, 0.4) is 0 Å². The lowest BCUT2D eigenvalue weighted by molar-refractivity contribution is 0.0930. The SMILES string of the molecule is Cc1cc(C)cc(C(=O)NC(CCO)c2ccccc2)c1. The second kappa shape index (κ2) is 7.04. The van der Waals surface area contributed by atoms with Crippen LogP contribution in [-0.2, 0) is 0 Å². The quantitative estimate of drug-likeness (QED) is 0.885. The third kappa shape index (κ3) is 4.17. The highest BCUT2D eigenvalue weighted by molar-refractivity contribution is 5.94. The summed E-state index contributed by atoms with van der Waals surface area (Å²) in [4.78, 5) is 12.4.